The summed E-state index contributed by atoms with van der Waals surface area (Å²) in [6.45, 7) is 2.16. The Labute approximate surface area is 117 Å². The highest BCUT2D eigenvalue weighted by Gasteiger charge is 2.03. The molecule has 0 amide bonds. The van der Waals surface area contributed by atoms with Crippen LogP contribution in [0.4, 0.5) is 0 Å². The Balaban J connectivity index is 2.15. The number of hydrogen-bond donors (Lipinski definition) is 0. The predicted molar refractivity (Wildman–Crippen MR) is 77.9 cm³/mol. The van der Waals surface area contributed by atoms with Crippen molar-refractivity contribution in [3.63, 3.8) is 0 Å². The van der Waals surface area contributed by atoms with Gasteiger partial charge in [0.2, 0.25) is 0 Å². The average molecular weight is 279 g/mol. The maximum absolute atomic E-state index is 6.11. The van der Waals surface area contributed by atoms with E-state index >= 15 is 0 Å². The fourth-order valence-corrected chi connectivity index (χ4v) is 2.82. The van der Waals surface area contributed by atoms with E-state index in [-0.39, 0.29) is 0 Å². The molecule has 18 heavy (non-hydrogen) atoms. The van der Waals surface area contributed by atoms with E-state index in [1.165, 1.54) is 10.5 Å². The SMILES string of the molecule is CCc1ccc(Sc2ccc(OC)c(Cl)c2)cc1. The molecule has 0 fully saturated rings. The molecule has 2 rings (SSSR count). The minimum Gasteiger partial charge on any atom is -0.495 e. The van der Waals surface area contributed by atoms with Crippen molar-refractivity contribution in [3.05, 3.63) is 53.1 Å². The van der Waals surface area contributed by atoms with Crippen molar-refractivity contribution >= 4 is 23.4 Å². The van der Waals surface area contributed by atoms with Gasteiger partial charge in [0, 0.05) is 9.79 Å². The third-order valence-electron chi connectivity index (χ3n) is 2.69. The molecule has 1 nitrogen and oxygen atoms in total. The number of benzene rings is 2. The van der Waals surface area contributed by atoms with Crippen LogP contribution in [0.3, 0.4) is 0 Å². The maximum Gasteiger partial charge on any atom is 0.137 e. The van der Waals surface area contributed by atoms with Gasteiger partial charge in [-0.2, -0.15) is 0 Å². The first-order valence-electron chi connectivity index (χ1n) is 5.83. The van der Waals surface area contributed by atoms with Crippen LogP contribution in [0.15, 0.2) is 52.3 Å². The quantitative estimate of drug-likeness (QED) is 0.773. The number of rotatable bonds is 4. The third kappa shape index (κ3) is 3.21. The standard InChI is InChI=1S/C15H15ClOS/c1-3-11-4-6-12(7-5-11)18-13-8-9-15(17-2)14(16)10-13/h4-10H,3H2,1-2H3. The van der Waals surface area contributed by atoms with Gasteiger partial charge in [0.1, 0.15) is 5.75 Å². The monoisotopic (exact) mass is 278 g/mol. The molecular formula is C15H15ClOS. The Morgan fingerprint density at radius 1 is 1.06 bits per heavy atom. The average Bonchev–Trinajstić information content (AvgIpc) is 2.40. The summed E-state index contributed by atoms with van der Waals surface area (Å²) in [6, 6.07) is 14.4. The first-order chi connectivity index (χ1) is 8.72. The molecular weight excluding hydrogens is 264 g/mol. The summed E-state index contributed by atoms with van der Waals surface area (Å²) in [5.74, 6) is 0.711. The lowest BCUT2D eigenvalue weighted by Gasteiger charge is -2.06. The Bertz CT molecular complexity index is 523. The van der Waals surface area contributed by atoms with Gasteiger partial charge in [0.15, 0.2) is 0 Å². The second-order valence-corrected chi connectivity index (χ2v) is 5.45. The lowest BCUT2D eigenvalue weighted by atomic mass is 10.2. The molecule has 2 aromatic rings. The van der Waals surface area contributed by atoms with E-state index in [9.17, 15) is 0 Å². The normalized spacial score (nSPS) is 10.4. The Morgan fingerprint density at radius 2 is 1.72 bits per heavy atom. The second kappa shape index (κ2) is 6.17. The van der Waals surface area contributed by atoms with Crippen LogP contribution in [0.5, 0.6) is 5.75 Å². The summed E-state index contributed by atoms with van der Waals surface area (Å²) in [4.78, 5) is 2.33. The van der Waals surface area contributed by atoms with Crippen molar-refractivity contribution in [2.45, 2.75) is 23.1 Å². The molecule has 0 saturated carbocycles. The zero-order chi connectivity index (χ0) is 13.0. The summed E-state index contributed by atoms with van der Waals surface area (Å²) < 4.78 is 5.14. The molecule has 0 N–H and O–H groups in total. The molecule has 0 aromatic heterocycles. The highest BCUT2D eigenvalue weighted by molar-refractivity contribution is 7.99. The van der Waals surface area contributed by atoms with Crippen LogP contribution in [0.1, 0.15) is 12.5 Å². The highest BCUT2D eigenvalue weighted by atomic mass is 35.5. The molecule has 2 aromatic carbocycles. The zero-order valence-corrected chi connectivity index (χ0v) is 12.0. The molecule has 0 aliphatic heterocycles. The molecule has 0 spiro atoms. The van der Waals surface area contributed by atoms with Crippen LogP contribution in [-0.4, -0.2) is 7.11 Å². The molecule has 3 heteroatoms. The molecule has 0 unspecified atom stereocenters. The van der Waals surface area contributed by atoms with Crippen molar-refractivity contribution in [3.8, 4) is 5.75 Å². The molecule has 0 aliphatic carbocycles. The number of methoxy groups -OCH3 is 1. The Morgan fingerprint density at radius 3 is 2.28 bits per heavy atom. The number of hydrogen-bond acceptors (Lipinski definition) is 2. The fraction of sp³-hybridized carbons (Fsp3) is 0.200. The van der Waals surface area contributed by atoms with Gasteiger partial charge >= 0.3 is 0 Å². The van der Waals surface area contributed by atoms with Gasteiger partial charge in [0.05, 0.1) is 12.1 Å². The number of ether oxygens (including phenoxy) is 1. The van der Waals surface area contributed by atoms with Gasteiger partial charge in [-0.1, -0.05) is 42.4 Å². The van der Waals surface area contributed by atoms with E-state index in [2.05, 4.69) is 31.2 Å². The van der Waals surface area contributed by atoms with Crippen LogP contribution in [-0.2, 0) is 6.42 Å². The molecule has 0 atom stereocenters. The second-order valence-electron chi connectivity index (χ2n) is 3.90. The van der Waals surface area contributed by atoms with E-state index in [0.29, 0.717) is 10.8 Å². The van der Waals surface area contributed by atoms with Gasteiger partial charge in [-0.05, 0) is 42.3 Å². The minimum absolute atomic E-state index is 0.646. The summed E-state index contributed by atoms with van der Waals surface area (Å²) in [7, 11) is 1.62. The van der Waals surface area contributed by atoms with Crippen molar-refractivity contribution in [2.75, 3.05) is 7.11 Å². The minimum atomic E-state index is 0.646. The van der Waals surface area contributed by atoms with Crippen molar-refractivity contribution in [1.29, 1.82) is 0 Å². The molecule has 0 heterocycles. The summed E-state index contributed by atoms with van der Waals surface area (Å²) in [6.07, 6.45) is 1.07. The molecule has 0 bridgehead atoms. The zero-order valence-electron chi connectivity index (χ0n) is 10.4. The van der Waals surface area contributed by atoms with Crippen molar-refractivity contribution in [2.24, 2.45) is 0 Å². The first-order valence-corrected chi connectivity index (χ1v) is 7.02. The third-order valence-corrected chi connectivity index (χ3v) is 3.98. The van der Waals surface area contributed by atoms with Crippen LogP contribution in [0.25, 0.3) is 0 Å². The van der Waals surface area contributed by atoms with Crippen molar-refractivity contribution in [1.82, 2.24) is 0 Å². The van der Waals surface area contributed by atoms with Gasteiger partial charge in [-0.3, -0.25) is 0 Å². The fourth-order valence-electron chi connectivity index (χ4n) is 1.64. The topological polar surface area (TPSA) is 9.23 Å². The van der Waals surface area contributed by atoms with Crippen molar-refractivity contribution < 1.29 is 4.74 Å². The van der Waals surface area contributed by atoms with E-state index in [1.54, 1.807) is 18.9 Å². The summed E-state index contributed by atoms with van der Waals surface area (Å²) in [5, 5.41) is 0.646. The van der Waals surface area contributed by atoms with E-state index in [4.69, 9.17) is 16.3 Å². The highest BCUT2D eigenvalue weighted by Crippen LogP contribution is 2.33. The lowest BCUT2D eigenvalue weighted by molar-refractivity contribution is 0.414. The lowest BCUT2D eigenvalue weighted by Crippen LogP contribution is -1.84. The number of aryl methyl sites for hydroxylation is 1. The van der Waals surface area contributed by atoms with Crippen LogP contribution in [0, 0.1) is 0 Å². The predicted octanol–water partition coefficient (Wildman–Crippen LogP) is 5.06. The van der Waals surface area contributed by atoms with Gasteiger partial charge in [-0.15, -0.1) is 0 Å². The number of halogens is 1. The first kappa shape index (κ1) is 13.3. The van der Waals surface area contributed by atoms with Gasteiger partial charge in [0.25, 0.3) is 0 Å². The van der Waals surface area contributed by atoms with E-state index < -0.39 is 0 Å². The molecule has 0 aliphatic rings. The van der Waals surface area contributed by atoms with Crippen LogP contribution < -0.4 is 4.74 Å². The van der Waals surface area contributed by atoms with Gasteiger partial charge in [-0.25, -0.2) is 0 Å². The van der Waals surface area contributed by atoms with Crippen LogP contribution >= 0.6 is 23.4 Å². The van der Waals surface area contributed by atoms with Gasteiger partial charge < -0.3 is 4.74 Å². The van der Waals surface area contributed by atoms with Crippen LogP contribution in [0.2, 0.25) is 5.02 Å². The Kier molecular flexibility index (Phi) is 4.56. The van der Waals surface area contributed by atoms with E-state index in [1.807, 2.05) is 18.2 Å². The molecule has 0 saturated heterocycles. The Hall–Kier alpha value is -1.12. The molecule has 0 radical (unpaired) electrons. The van der Waals surface area contributed by atoms with E-state index in [0.717, 1.165) is 11.3 Å². The molecule has 94 valence electrons. The summed E-state index contributed by atoms with van der Waals surface area (Å²) >= 11 is 7.81. The summed E-state index contributed by atoms with van der Waals surface area (Å²) in [5.41, 5.74) is 1.35. The maximum atomic E-state index is 6.11. The smallest absolute Gasteiger partial charge is 0.137 e. The largest absolute Gasteiger partial charge is 0.495 e.